The number of aryl methyl sites for hydroxylation is 1. The Kier molecular flexibility index (Phi) is 8.60. The van der Waals surface area contributed by atoms with Crippen LogP contribution in [0.1, 0.15) is 89.2 Å². The molecule has 2 aliphatic carbocycles. The fourth-order valence-corrected chi connectivity index (χ4v) is 6.23. The van der Waals surface area contributed by atoms with E-state index in [1.54, 1.807) is 6.92 Å². The van der Waals surface area contributed by atoms with Crippen LogP contribution in [-0.4, -0.2) is 6.61 Å². The van der Waals surface area contributed by atoms with Crippen LogP contribution in [0.4, 0.5) is 13.2 Å². The van der Waals surface area contributed by atoms with E-state index in [4.69, 9.17) is 4.74 Å². The number of benzene rings is 2. The van der Waals surface area contributed by atoms with Crippen molar-refractivity contribution in [2.75, 3.05) is 6.61 Å². The van der Waals surface area contributed by atoms with Crippen molar-refractivity contribution in [3.8, 4) is 16.9 Å². The van der Waals surface area contributed by atoms with Gasteiger partial charge in [-0.05, 0) is 97.9 Å². The van der Waals surface area contributed by atoms with Crippen molar-refractivity contribution >= 4 is 0 Å². The second-order valence-electron chi connectivity index (χ2n) is 10.6. The summed E-state index contributed by atoms with van der Waals surface area (Å²) >= 11 is 0. The molecule has 4 rings (SSSR count). The SMILES string of the molecule is CCOc1ccc(-c2ccc(CCC3CCC(C4CCC(C)CC4)CC3)cc2)c(C(F)F)c1F. The van der Waals surface area contributed by atoms with E-state index in [0.29, 0.717) is 5.56 Å². The Morgan fingerprint density at radius 2 is 1.47 bits per heavy atom. The van der Waals surface area contributed by atoms with Gasteiger partial charge in [0.1, 0.15) is 0 Å². The first-order valence-electron chi connectivity index (χ1n) is 13.3. The van der Waals surface area contributed by atoms with Crippen LogP contribution in [0.15, 0.2) is 36.4 Å². The molecular formula is C30H39F3O. The number of rotatable bonds is 8. The second kappa shape index (κ2) is 11.6. The first kappa shape index (κ1) is 25.1. The number of halogens is 3. The molecule has 186 valence electrons. The van der Waals surface area contributed by atoms with Crippen molar-refractivity contribution in [3.63, 3.8) is 0 Å². The molecular weight excluding hydrogens is 433 g/mol. The van der Waals surface area contributed by atoms with E-state index in [-0.39, 0.29) is 17.9 Å². The molecule has 2 fully saturated rings. The molecule has 0 heterocycles. The van der Waals surface area contributed by atoms with Gasteiger partial charge in [-0.25, -0.2) is 13.2 Å². The summed E-state index contributed by atoms with van der Waals surface area (Å²) in [6.07, 6.45) is 10.5. The number of hydrogen-bond acceptors (Lipinski definition) is 1. The molecule has 2 aromatic rings. The van der Waals surface area contributed by atoms with Crippen molar-refractivity contribution in [2.24, 2.45) is 23.7 Å². The molecule has 0 aliphatic heterocycles. The maximum absolute atomic E-state index is 14.6. The first-order valence-corrected chi connectivity index (χ1v) is 13.3. The Morgan fingerprint density at radius 3 is 2.06 bits per heavy atom. The highest BCUT2D eigenvalue weighted by Crippen LogP contribution is 2.42. The average molecular weight is 473 g/mol. The summed E-state index contributed by atoms with van der Waals surface area (Å²) in [5.74, 6) is 2.55. The van der Waals surface area contributed by atoms with Crippen LogP contribution >= 0.6 is 0 Å². The number of hydrogen-bond donors (Lipinski definition) is 0. The predicted octanol–water partition coefficient (Wildman–Crippen LogP) is 9.39. The fraction of sp³-hybridized carbons (Fsp3) is 0.600. The maximum Gasteiger partial charge on any atom is 0.267 e. The monoisotopic (exact) mass is 472 g/mol. The van der Waals surface area contributed by atoms with Crippen LogP contribution < -0.4 is 4.74 Å². The molecule has 2 aromatic carbocycles. The summed E-state index contributed by atoms with van der Waals surface area (Å²) < 4.78 is 47.1. The Hall–Kier alpha value is -1.97. The second-order valence-corrected chi connectivity index (χ2v) is 10.6. The Labute approximate surface area is 203 Å². The van der Waals surface area contributed by atoms with Gasteiger partial charge in [-0.2, -0.15) is 0 Å². The van der Waals surface area contributed by atoms with Crippen molar-refractivity contribution < 1.29 is 17.9 Å². The third-order valence-electron chi connectivity index (χ3n) is 8.39. The molecule has 0 atom stereocenters. The van der Waals surface area contributed by atoms with Crippen LogP contribution in [0.3, 0.4) is 0 Å². The van der Waals surface area contributed by atoms with E-state index in [1.807, 2.05) is 24.3 Å². The van der Waals surface area contributed by atoms with Gasteiger partial charge in [0.05, 0.1) is 12.2 Å². The average Bonchev–Trinajstić information content (AvgIpc) is 2.85. The molecule has 0 unspecified atom stereocenters. The Morgan fingerprint density at radius 1 is 0.853 bits per heavy atom. The Bertz CT molecular complexity index is 907. The van der Waals surface area contributed by atoms with E-state index >= 15 is 0 Å². The van der Waals surface area contributed by atoms with Crippen molar-refractivity contribution in [3.05, 3.63) is 53.3 Å². The molecule has 1 nitrogen and oxygen atoms in total. The quantitative estimate of drug-likeness (QED) is 0.372. The number of ether oxygens (including phenoxy) is 1. The number of alkyl halides is 2. The highest BCUT2D eigenvalue weighted by molar-refractivity contribution is 5.69. The van der Waals surface area contributed by atoms with Gasteiger partial charge in [0.2, 0.25) is 0 Å². The highest BCUT2D eigenvalue weighted by atomic mass is 19.3. The van der Waals surface area contributed by atoms with Gasteiger partial charge in [-0.3, -0.25) is 0 Å². The first-order chi connectivity index (χ1) is 16.5. The summed E-state index contributed by atoms with van der Waals surface area (Å²) in [7, 11) is 0. The third-order valence-corrected chi connectivity index (χ3v) is 8.39. The zero-order valence-electron chi connectivity index (χ0n) is 20.7. The molecule has 2 aliphatic rings. The van der Waals surface area contributed by atoms with E-state index in [9.17, 15) is 13.2 Å². The summed E-state index contributed by atoms with van der Waals surface area (Å²) in [5, 5.41) is 0. The van der Waals surface area contributed by atoms with Gasteiger partial charge >= 0.3 is 0 Å². The molecule has 34 heavy (non-hydrogen) atoms. The lowest BCUT2D eigenvalue weighted by molar-refractivity contribution is 0.145. The van der Waals surface area contributed by atoms with Crippen LogP contribution in [0, 0.1) is 29.5 Å². The standard InChI is InChI=1S/C30H39F3O/c1-3-34-27-19-18-26(28(29(27)31)30(32)33)25-16-10-22(11-17-25)7-6-21-8-14-24(15-9-21)23-12-4-20(2)5-13-23/h10-11,16-21,23-24,30H,3-9,12-15H2,1-2H3. The molecule has 0 saturated heterocycles. The lowest BCUT2D eigenvalue weighted by Crippen LogP contribution is -2.25. The van der Waals surface area contributed by atoms with Gasteiger partial charge in [0, 0.05) is 0 Å². The van der Waals surface area contributed by atoms with Gasteiger partial charge in [0.25, 0.3) is 6.43 Å². The molecule has 0 radical (unpaired) electrons. The van der Waals surface area contributed by atoms with Crippen LogP contribution in [0.25, 0.3) is 11.1 Å². The minimum absolute atomic E-state index is 0.120. The summed E-state index contributed by atoms with van der Waals surface area (Å²) in [6.45, 7) is 4.33. The molecule has 2 saturated carbocycles. The van der Waals surface area contributed by atoms with Gasteiger partial charge < -0.3 is 4.74 Å². The van der Waals surface area contributed by atoms with Gasteiger partial charge in [0.15, 0.2) is 11.6 Å². The lowest BCUT2D eigenvalue weighted by atomic mass is 9.69. The summed E-state index contributed by atoms with van der Waals surface area (Å²) in [4.78, 5) is 0. The molecule has 0 spiro atoms. The third kappa shape index (κ3) is 5.98. The van der Waals surface area contributed by atoms with Crippen LogP contribution in [0.2, 0.25) is 0 Å². The maximum atomic E-state index is 14.6. The van der Waals surface area contributed by atoms with Gasteiger partial charge in [-0.1, -0.05) is 56.9 Å². The molecule has 0 amide bonds. The highest BCUT2D eigenvalue weighted by Gasteiger charge is 2.30. The minimum atomic E-state index is -2.90. The fourth-order valence-electron chi connectivity index (χ4n) is 6.23. The Balaban J connectivity index is 1.32. The molecule has 0 N–H and O–H groups in total. The normalized spacial score (nSPS) is 25.5. The van der Waals surface area contributed by atoms with E-state index in [2.05, 4.69) is 6.92 Å². The molecule has 4 heteroatoms. The van der Waals surface area contributed by atoms with E-state index < -0.39 is 17.8 Å². The predicted molar refractivity (Wildman–Crippen MR) is 133 cm³/mol. The van der Waals surface area contributed by atoms with Crippen molar-refractivity contribution in [1.82, 2.24) is 0 Å². The lowest BCUT2D eigenvalue weighted by Gasteiger charge is -2.37. The van der Waals surface area contributed by atoms with Crippen LogP contribution in [-0.2, 0) is 6.42 Å². The molecule has 0 bridgehead atoms. The van der Waals surface area contributed by atoms with E-state index in [0.717, 1.165) is 30.1 Å². The topological polar surface area (TPSA) is 9.23 Å². The van der Waals surface area contributed by atoms with Crippen LogP contribution in [0.5, 0.6) is 5.75 Å². The minimum Gasteiger partial charge on any atom is -0.491 e. The largest absolute Gasteiger partial charge is 0.491 e. The summed E-state index contributed by atoms with van der Waals surface area (Å²) in [5.41, 5.74) is 1.49. The zero-order valence-corrected chi connectivity index (χ0v) is 20.7. The summed E-state index contributed by atoms with van der Waals surface area (Å²) in [6, 6.07) is 10.7. The van der Waals surface area contributed by atoms with Crippen molar-refractivity contribution in [1.29, 1.82) is 0 Å². The van der Waals surface area contributed by atoms with E-state index in [1.165, 1.54) is 75.5 Å². The zero-order chi connectivity index (χ0) is 24.1. The molecule has 0 aromatic heterocycles. The van der Waals surface area contributed by atoms with Crippen molar-refractivity contribution in [2.45, 2.75) is 84.5 Å². The van der Waals surface area contributed by atoms with Gasteiger partial charge in [-0.15, -0.1) is 0 Å². The smallest absolute Gasteiger partial charge is 0.267 e.